The zero-order chi connectivity index (χ0) is 14.7. The monoisotopic (exact) mass is 294 g/mol. The number of piperidine rings is 1. The maximum Gasteiger partial charge on any atom is 0.124 e. The zero-order valence-electron chi connectivity index (χ0n) is 12.2. The summed E-state index contributed by atoms with van der Waals surface area (Å²) in [6.07, 6.45) is 2.27. The summed E-state index contributed by atoms with van der Waals surface area (Å²) in [4.78, 5) is 4.70. The minimum atomic E-state index is 0.0921. The fourth-order valence-electron chi connectivity index (χ4n) is 2.84. The molecule has 1 aromatic carbocycles. The Morgan fingerprint density at radius 2 is 2.10 bits per heavy atom. The van der Waals surface area contributed by atoms with E-state index in [9.17, 15) is 0 Å². The summed E-state index contributed by atoms with van der Waals surface area (Å²) in [5.74, 6) is 0.0921. The topological polar surface area (TPSA) is 56.4 Å². The van der Waals surface area contributed by atoms with Crippen LogP contribution in [0.5, 0.6) is 0 Å². The van der Waals surface area contributed by atoms with E-state index in [1.54, 1.807) is 6.07 Å². The van der Waals surface area contributed by atoms with Crippen molar-refractivity contribution in [2.24, 2.45) is 5.73 Å². The number of likely N-dealkylation sites (tertiary alicyclic amines) is 1. The Morgan fingerprint density at radius 3 is 2.65 bits per heavy atom. The van der Waals surface area contributed by atoms with Crippen molar-refractivity contribution in [3.8, 4) is 0 Å². The highest BCUT2D eigenvalue weighted by Crippen LogP contribution is 2.28. The molecule has 0 aromatic heterocycles. The van der Waals surface area contributed by atoms with Gasteiger partial charge in [0.25, 0.3) is 0 Å². The summed E-state index contributed by atoms with van der Waals surface area (Å²) in [5, 5.41) is 8.40. The van der Waals surface area contributed by atoms with E-state index >= 15 is 0 Å². The lowest BCUT2D eigenvalue weighted by Gasteiger charge is -2.38. The van der Waals surface area contributed by atoms with Crippen LogP contribution in [-0.2, 0) is 0 Å². The van der Waals surface area contributed by atoms with Gasteiger partial charge < -0.3 is 15.5 Å². The SMILES string of the molecule is CCN1CCC(N(C)c2cc(Cl)ccc2C(=N)N)CC1. The third kappa shape index (κ3) is 3.25. The van der Waals surface area contributed by atoms with Crippen molar-refractivity contribution >= 4 is 23.1 Å². The summed E-state index contributed by atoms with van der Waals surface area (Å²) in [5.41, 5.74) is 7.40. The highest BCUT2D eigenvalue weighted by Gasteiger charge is 2.23. The molecule has 1 aromatic rings. The van der Waals surface area contributed by atoms with Crippen LogP contribution < -0.4 is 10.6 Å². The van der Waals surface area contributed by atoms with Gasteiger partial charge in [-0.2, -0.15) is 0 Å². The molecular formula is C15H23ClN4. The Bertz CT molecular complexity index is 481. The lowest BCUT2D eigenvalue weighted by atomic mass is 10.0. The molecule has 1 heterocycles. The predicted octanol–water partition coefficient (Wildman–Crippen LogP) is 2.54. The number of amidine groups is 1. The van der Waals surface area contributed by atoms with Crippen LogP contribution in [0.1, 0.15) is 25.3 Å². The van der Waals surface area contributed by atoms with Crippen molar-refractivity contribution < 1.29 is 0 Å². The molecule has 110 valence electrons. The molecule has 5 heteroatoms. The number of nitrogens with two attached hydrogens (primary N) is 1. The van der Waals surface area contributed by atoms with Gasteiger partial charge in [0.05, 0.1) is 0 Å². The molecule has 0 bridgehead atoms. The molecule has 0 spiro atoms. The molecule has 1 aliphatic rings. The van der Waals surface area contributed by atoms with E-state index in [2.05, 4.69) is 23.8 Å². The standard InChI is InChI=1S/C15H23ClN4/c1-3-20-8-6-12(7-9-20)19(2)14-10-11(16)4-5-13(14)15(17)18/h4-5,10,12H,3,6-9H2,1-2H3,(H3,17,18). The molecule has 0 saturated carbocycles. The summed E-state index contributed by atoms with van der Waals surface area (Å²) < 4.78 is 0. The normalized spacial score (nSPS) is 17.1. The van der Waals surface area contributed by atoms with Gasteiger partial charge in [0.2, 0.25) is 0 Å². The lowest BCUT2D eigenvalue weighted by Crippen LogP contribution is -2.43. The van der Waals surface area contributed by atoms with Crippen LogP contribution in [0.2, 0.25) is 5.02 Å². The molecule has 0 radical (unpaired) electrons. The second kappa shape index (κ2) is 6.46. The summed E-state index contributed by atoms with van der Waals surface area (Å²) in [6, 6.07) is 6.01. The molecular weight excluding hydrogens is 272 g/mol. The average molecular weight is 295 g/mol. The van der Waals surface area contributed by atoms with Gasteiger partial charge >= 0.3 is 0 Å². The van der Waals surface area contributed by atoms with Crippen molar-refractivity contribution in [1.82, 2.24) is 4.90 Å². The fraction of sp³-hybridized carbons (Fsp3) is 0.533. The summed E-state index contributed by atoms with van der Waals surface area (Å²) >= 11 is 6.10. The van der Waals surface area contributed by atoms with Crippen LogP contribution in [0, 0.1) is 5.41 Å². The first kappa shape index (κ1) is 15.1. The Balaban J connectivity index is 2.18. The number of hydrogen-bond donors (Lipinski definition) is 2. The van der Waals surface area contributed by atoms with E-state index < -0.39 is 0 Å². The maximum absolute atomic E-state index is 7.72. The highest BCUT2D eigenvalue weighted by atomic mass is 35.5. The summed E-state index contributed by atoms with van der Waals surface area (Å²) in [6.45, 7) is 5.57. The van der Waals surface area contributed by atoms with Crippen LogP contribution in [0.25, 0.3) is 0 Å². The number of halogens is 1. The number of anilines is 1. The van der Waals surface area contributed by atoms with Crippen molar-refractivity contribution in [1.29, 1.82) is 5.41 Å². The molecule has 3 N–H and O–H groups in total. The van der Waals surface area contributed by atoms with Crippen molar-refractivity contribution in [2.75, 3.05) is 31.6 Å². The van der Waals surface area contributed by atoms with Crippen LogP contribution in [0.15, 0.2) is 18.2 Å². The smallest absolute Gasteiger partial charge is 0.124 e. The maximum atomic E-state index is 7.72. The third-order valence-electron chi connectivity index (χ3n) is 4.18. The molecule has 1 saturated heterocycles. The predicted molar refractivity (Wildman–Crippen MR) is 86.0 cm³/mol. The quantitative estimate of drug-likeness (QED) is 0.663. The molecule has 0 unspecified atom stereocenters. The van der Waals surface area contributed by atoms with Gasteiger partial charge in [0, 0.05) is 42.5 Å². The molecule has 20 heavy (non-hydrogen) atoms. The van der Waals surface area contributed by atoms with Crippen molar-refractivity contribution in [3.63, 3.8) is 0 Å². The largest absolute Gasteiger partial charge is 0.384 e. The van der Waals surface area contributed by atoms with E-state index in [1.165, 1.54) is 0 Å². The number of benzene rings is 1. The minimum absolute atomic E-state index is 0.0921. The van der Waals surface area contributed by atoms with E-state index in [-0.39, 0.29) is 5.84 Å². The van der Waals surface area contributed by atoms with Gasteiger partial charge in [-0.1, -0.05) is 18.5 Å². The van der Waals surface area contributed by atoms with Crippen LogP contribution in [0.3, 0.4) is 0 Å². The number of rotatable bonds is 4. The second-order valence-corrected chi connectivity index (χ2v) is 5.79. The molecule has 4 nitrogen and oxygen atoms in total. The van der Waals surface area contributed by atoms with Crippen LogP contribution in [-0.4, -0.2) is 43.5 Å². The number of nitrogens with zero attached hydrogens (tertiary/aromatic N) is 2. The first-order chi connectivity index (χ1) is 9.52. The zero-order valence-corrected chi connectivity index (χ0v) is 13.0. The van der Waals surface area contributed by atoms with Gasteiger partial charge in [-0.25, -0.2) is 0 Å². The van der Waals surface area contributed by atoms with Crippen molar-refractivity contribution in [3.05, 3.63) is 28.8 Å². The minimum Gasteiger partial charge on any atom is -0.384 e. The lowest BCUT2D eigenvalue weighted by molar-refractivity contribution is 0.221. The highest BCUT2D eigenvalue weighted by molar-refractivity contribution is 6.31. The van der Waals surface area contributed by atoms with E-state index in [4.69, 9.17) is 22.7 Å². The third-order valence-corrected chi connectivity index (χ3v) is 4.42. The van der Waals surface area contributed by atoms with Gasteiger partial charge in [-0.3, -0.25) is 5.41 Å². The Labute approximate surface area is 126 Å². The molecule has 1 aliphatic heterocycles. The first-order valence-electron chi connectivity index (χ1n) is 7.12. The van der Waals surface area contributed by atoms with E-state index in [0.29, 0.717) is 11.1 Å². The van der Waals surface area contributed by atoms with Gasteiger partial charge in [0.15, 0.2) is 0 Å². The molecule has 0 aliphatic carbocycles. The molecule has 0 atom stereocenters. The first-order valence-corrected chi connectivity index (χ1v) is 7.49. The van der Waals surface area contributed by atoms with Gasteiger partial charge in [0.1, 0.15) is 5.84 Å². The van der Waals surface area contributed by atoms with Gasteiger partial charge in [-0.05, 0) is 37.6 Å². The molecule has 1 fully saturated rings. The van der Waals surface area contributed by atoms with E-state index in [1.807, 2.05) is 12.1 Å². The Morgan fingerprint density at radius 1 is 1.45 bits per heavy atom. The Kier molecular flexibility index (Phi) is 4.89. The number of hydrogen-bond acceptors (Lipinski definition) is 3. The second-order valence-electron chi connectivity index (χ2n) is 5.35. The average Bonchev–Trinajstić information content (AvgIpc) is 2.46. The fourth-order valence-corrected chi connectivity index (χ4v) is 3.01. The van der Waals surface area contributed by atoms with E-state index in [0.717, 1.165) is 43.7 Å². The molecule has 2 rings (SSSR count). The van der Waals surface area contributed by atoms with Crippen LogP contribution in [0.4, 0.5) is 5.69 Å². The number of nitrogens with one attached hydrogen (secondary N) is 1. The summed E-state index contributed by atoms with van der Waals surface area (Å²) in [7, 11) is 2.07. The Hall–Kier alpha value is -1.26. The molecule has 0 amide bonds. The van der Waals surface area contributed by atoms with Crippen molar-refractivity contribution in [2.45, 2.75) is 25.8 Å². The van der Waals surface area contributed by atoms with Crippen LogP contribution >= 0.6 is 11.6 Å². The number of nitrogen functional groups attached to an aromatic ring is 1. The van der Waals surface area contributed by atoms with Gasteiger partial charge in [-0.15, -0.1) is 0 Å².